The number of fused-ring (bicyclic) bond motifs is 1. The van der Waals surface area contributed by atoms with Gasteiger partial charge in [-0.15, -0.1) is 0 Å². The molecule has 5 nitrogen and oxygen atoms in total. The molecule has 0 spiro atoms. The van der Waals surface area contributed by atoms with Crippen molar-refractivity contribution in [3.8, 4) is 17.0 Å². The van der Waals surface area contributed by atoms with Crippen LogP contribution in [0, 0.1) is 0 Å². The molecule has 1 heterocycles. The van der Waals surface area contributed by atoms with Crippen LogP contribution in [0.1, 0.15) is 22.8 Å². The molecule has 0 aliphatic carbocycles. The lowest BCUT2D eigenvalue weighted by Crippen LogP contribution is -2.20. The number of carbonyl (C=O) groups is 1. The molecule has 0 aliphatic rings. The van der Waals surface area contributed by atoms with Gasteiger partial charge in [-0.25, -0.2) is 10.4 Å². The van der Waals surface area contributed by atoms with Gasteiger partial charge in [0.1, 0.15) is 5.75 Å². The Morgan fingerprint density at radius 1 is 0.933 bits per heavy atom. The van der Waals surface area contributed by atoms with Crippen molar-refractivity contribution in [2.75, 3.05) is 7.11 Å². The van der Waals surface area contributed by atoms with Crippen LogP contribution in [-0.2, 0) is 0 Å². The quantitative estimate of drug-likeness (QED) is 0.379. The summed E-state index contributed by atoms with van der Waals surface area (Å²) < 4.78 is 5.18. The second-order valence-corrected chi connectivity index (χ2v) is 6.80. The predicted molar refractivity (Wildman–Crippen MR) is 120 cm³/mol. The highest BCUT2D eigenvalue weighted by molar-refractivity contribution is 6.08. The molecule has 0 saturated heterocycles. The third-order valence-corrected chi connectivity index (χ3v) is 4.86. The monoisotopic (exact) mass is 395 g/mol. The van der Waals surface area contributed by atoms with E-state index in [0.717, 1.165) is 33.5 Å². The molecular weight excluding hydrogens is 374 g/mol. The zero-order valence-corrected chi connectivity index (χ0v) is 16.8. The summed E-state index contributed by atoms with van der Waals surface area (Å²) in [6, 6.07) is 26.8. The molecule has 1 amide bonds. The van der Waals surface area contributed by atoms with Crippen LogP contribution in [0.25, 0.3) is 22.2 Å². The summed E-state index contributed by atoms with van der Waals surface area (Å²) in [5.41, 5.74) is 7.29. The zero-order chi connectivity index (χ0) is 20.9. The summed E-state index contributed by atoms with van der Waals surface area (Å²) in [6.07, 6.45) is 0. The Hall–Kier alpha value is -3.99. The van der Waals surface area contributed by atoms with Crippen molar-refractivity contribution >= 4 is 22.5 Å². The molecular formula is C25H21N3O2. The van der Waals surface area contributed by atoms with E-state index in [0.29, 0.717) is 11.3 Å². The van der Waals surface area contributed by atoms with E-state index in [4.69, 9.17) is 9.72 Å². The Labute approximate surface area is 175 Å². The number of rotatable bonds is 5. The average Bonchev–Trinajstić information content (AvgIpc) is 2.82. The first-order valence-electron chi connectivity index (χ1n) is 9.60. The lowest BCUT2D eigenvalue weighted by Gasteiger charge is -2.09. The number of hydrogen-bond acceptors (Lipinski definition) is 4. The second-order valence-electron chi connectivity index (χ2n) is 6.80. The summed E-state index contributed by atoms with van der Waals surface area (Å²) in [7, 11) is 1.62. The SMILES string of the molecule is COc1ccc(C(C)=NNC(=O)c2cc(-c3ccccc3)nc3ccccc23)cc1. The van der Waals surface area contributed by atoms with Crippen molar-refractivity contribution in [1.29, 1.82) is 0 Å². The van der Waals surface area contributed by atoms with Crippen molar-refractivity contribution in [2.45, 2.75) is 6.92 Å². The van der Waals surface area contributed by atoms with Gasteiger partial charge in [0.25, 0.3) is 5.91 Å². The standard InChI is InChI=1S/C25H21N3O2/c1-17(18-12-14-20(30-2)15-13-18)27-28-25(29)22-16-24(19-8-4-3-5-9-19)26-23-11-7-6-10-21(22)23/h3-16H,1-2H3,(H,28,29). The smallest absolute Gasteiger partial charge is 0.272 e. The Kier molecular flexibility index (Phi) is 5.52. The van der Waals surface area contributed by atoms with E-state index in [1.54, 1.807) is 7.11 Å². The number of hydrogen-bond donors (Lipinski definition) is 1. The van der Waals surface area contributed by atoms with E-state index in [-0.39, 0.29) is 5.91 Å². The van der Waals surface area contributed by atoms with Crippen LogP contribution in [0.3, 0.4) is 0 Å². The minimum atomic E-state index is -0.279. The van der Waals surface area contributed by atoms with Crippen molar-refractivity contribution in [1.82, 2.24) is 10.4 Å². The fraction of sp³-hybridized carbons (Fsp3) is 0.0800. The van der Waals surface area contributed by atoms with Gasteiger partial charge >= 0.3 is 0 Å². The Bertz CT molecular complexity index is 1220. The predicted octanol–water partition coefficient (Wildman–Crippen LogP) is 5.06. The van der Waals surface area contributed by atoms with E-state index in [9.17, 15) is 4.79 Å². The van der Waals surface area contributed by atoms with Gasteiger partial charge < -0.3 is 4.74 Å². The number of benzene rings is 3. The maximum absolute atomic E-state index is 13.0. The number of hydrazone groups is 1. The Morgan fingerprint density at radius 3 is 2.37 bits per heavy atom. The van der Waals surface area contributed by atoms with Crippen molar-refractivity contribution < 1.29 is 9.53 Å². The highest BCUT2D eigenvalue weighted by atomic mass is 16.5. The summed E-state index contributed by atoms with van der Waals surface area (Å²) >= 11 is 0. The van der Waals surface area contributed by atoms with Crippen molar-refractivity contribution in [2.24, 2.45) is 5.10 Å². The van der Waals surface area contributed by atoms with E-state index in [2.05, 4.69) is 10.5 Å². The maximum atomic E-state index is 13.0. The molecule has 148 valence electrons. The average molecular weight is 395 g/mol. The molecule has 4 rings (SSSR count). The minimum Gasteiger partial charge on any atom is -0.497 e. The lowest BCUT2D eigenvalue weighted by molar-refractivity contribution is 0.0956. The first kappa shape index (κ1) is 19.3. The molecule has 0 saturated carbocycles. The number of nitrogens with zero attached hydrogens (tertiary/aromatic N) is 2. The fourth-order valence-electron chi connectivity index (χ4n) is 3.21. The van der Waals surface area contributed by atoms with Crippen molar-refractivity contribution in [3.63, 3.8) is 0 Å². The van der Waals surface area contributed by atoms with E-state index in [1.807, 2.05) is 91.9 Å². The largest absolute Gasteiger partial charge is 0.497 e. The van der Waals surface area contributed by atoms with Crippen LogP contribution < -0.4 is 10.2 Å². The normalized spacial score (nSPS) is 11.3. The van der Waals surface area contributed by atoms with Gasteiger partial charge in [0.2, 0.25) is 0 Å². The molecule has 30 heavy (non-hydrogen) atoms. The highest BCUT2D eigenvalue weighted by Crippen LogP contribution is 2.24. The summed E-state index contributed by atoms with van der Waals surface area (Å²) in [4.78, 5) is 17.7. The number of aromatic nitrogens is 1. The number of carbonyl (C=O) groups excluding carboxylic acids is 1. The third-order valence-electron chi connectivity index (χ3n) is 4.86. The molecule has 1 aromatic heterocycles. The number of methoxy groups -OCH3 is 1. The molecule has 1 N–H and O–H groups in total. The molecule has 0 atom stereocenters. The molecule has 0 bridgehead atoms. The molecule has 5 heteroatoms. The zero-order valence-electron chi connectivity index (χ0n) is 16.8. The van der Waals surface area contributed by atoms with Gasteiger partial charge in [0.15, 0.2) is 0 Å². The van der Waals surface area contributed by atoms with Gasteiger partial charge in [-0.2, -0.15) is 5.10 Å². The van der Waals surface area contributed by atoms with Crippen LogP contribution in [0.15, 0.2) is 90.0 Å². The molecule has 0 radical (unpaired) electrons. The number of para-hydroxylation sites is 1. The number of amides is 1. The number of pyridine rings is 1. The van der Waals surface area contributed by atoms with Crippen LogP contribution >= 0.6 is 0 Å². The van der Waals surface area contributed by atoms with Crippen LogP contribution in [0.5, 0.6) is 5.75 Å². The molecule has 4 aromatic rings. The van der Waals surface area contributed by atoms with Crippen LogP contribution in [-0.4, -0.2) is 23.7 Å². The Balaban J connectivity index is 1.66. The highest BCUT2D eigenvalue weighted by Gasteiger charge is 2.13. The molecule has 0 fully saturated rings. The lowest BCUT2D eigenvalue weighted by atomic mass is 10.0. The van der Waals surface area contributed by atoms with Crippen molar-refractivity contribution in [3.05, 3.63) is 96.1 Å². The first-order valence-corrected chi connectivity index (χ1v) is 9.60. The minimum absolute atomic E-state index is 0.279. The Morgan fingerprint density at radius 2 is 1.63 bits per heavy atom. The summed E-state index contributed by atoms with van der Waals surface area (Å²) in [5.74, 6) is 0.492. The first-order chi connectivity index (χ1) is 14.7. The second kappa shape index (κ2) is 8.57. The molecule has 0 aliphatic heterocycles. The van der Waals surface area contributed by atoms with Gasteiger partial charge in [0, 0.05) is 10.9 Å². The van der Waals surface area contributed by atoms with E-state index >= 15 is 0 Å². The van der Waals surface area contributed by atoms with Gasteiger partial charge in [0.05, 0.1) is 29.6 Å². The fourth-order valence-corrected chi connectivity index (χ4v) is 3.21. The third kappa shape index (κ3) is 4.05. The summed E-state index contributed by atoms with van der Waals surface area (Å²) in [5, 5.41) is 5.08. The van der Waals surface area contributed by atoms with Crippen LogP contribution in [0.2, 0.25) is 0 Å². The topological polar surface area (TPSA) is 63.6 Å². The number of ether oxygens (including phenoxy) is 1. The molecule has 0 unspecified atom stereocenters. The van der Waals surface area contributed by atoms with E-state index < -0.39 is 0 Å². The maximum Gasteiger partial charge on any atom is 0.272 e. The van der Waals surface area contributed by atoms with E-state index in [1.165, 1.54) is 0 Å². The van der Waals surface area contributed by atoms with Crippen LogP contribution in [0.4, 0.5) is 0 Å². The van der Waals surface area contributed by atoms with Gasteiger partial charge in [-0.1, -0.05) is 48.5 Å². The van der Waals surface area contributed by atoms with Gasteiger partial charge in [-0.3, -0.25) is 4.79 Å². The molecule has 3 aromatic carbocycles. The number of nitrogens with one attached hydrogen (secondary N) is 1. The van der Waals surface area contributed by atoms with Gasteiger partial charge in [-0.05, 0) is 48.9 Å². The summed E-state index contributed by atoms with van der Waals surface area (Å²) in [6.45, 7) is 1.85.